The molecule has 1 aromatic heterocycles. The van der Waals surface area contributed by atoms with Gasteiger partial charge in [0.2, 0.25) is 0 Å². The van der Waals surface area contributed by atoms with E-state index in [1.54, 1.807) is 0 Å². The fourth-order valence-corrected chi connectivity index (χ4v) is 3.52. The largest absolute Gasteiger partial charge is 0.464 e. The molecule has 0 atom stereocenters. The van der Waals surface area contributed by atoms with Crippen LogP contribution in [0.15, 0.2) is 17.2 Å². The number of methoxy groups -OCH3 is 1. The number of hydrogen-bond donors (Lipinski definition) is 0. The molecule has 1 aliphatic carbocycles. The number of aromatic nitrogens is 1. The first-order chi connectivity index (χ1) is 9.61. The SMILES string of the molecule is COC(=O)c1ccc([N+](=O)[O-])c(SC2CCCCC2)n1. The fourth-order valence-electron chi connectivity index (χ4n) is 2.22. The van der Waals surface area contributed by atoms with Crippen molar-refractivity contribution in [3.63, 3.8) is 0 Å². The van der Waals surface area contributed by atoms with Gasteiger partial charge < -0.3 is 4.74 Å². The highest BCUT2D eigenvalue weighted by molar-refractivity contribution is 8.00. The lowest BCUT2D eigenvalue weighted by Gasteiger charge is -2.20. The van der Waals surface area contributed by atoms with E-state index in [9.17, 15) is 14.9 Å². The van der Waals surface area contributed by atoms with Crippen molar-refractivity contribution in [1.29, 1.82) is 0 Å². The molecular formula is C13H16N2O4S. The molecule has 1 aromatic rings. The summed E-state index contributed by atoms with van der Waals surface area (Å²) >= 11 is 1.40. The van der Waals surface area contributed by atoms with Crippen LogP contribution in [0.5, 0.6) is 0 Å². The Balaban J connectivity index is 2.26. The molecule has 7 heteroatoms. The quantitative estimate of drug-likeness (QED) is 0.482. The van der Waals surface area contributed by atoms with Gasteiger partial charge in [-0.2, -0.15) is 0 Å². The Labute approximate surface area is 121 Å². The highest BCUT2D eigenvalue weighted by Gasteiger charge is 2.23. The fraction of sp³-hybridized carbons (Fsp3) is 0.538. The molecule has 0 amide bonds. The Morgan fingerprint density at radius 1 is 1.40 bits per heavy atom. The third kappa shape index (κ3) is 3.47. The number of ether oxygens (including phenoxy) is 1. The van der Waals surface area contributed by atoms with E-state index >= 15 is 0 Å². The van der Waals surface area contributed by atoms with Crippen LogP contribution in [0.3, 0.4) is 0 Å². The van der Waals surface area contributed by atoms with Crippen LogP contribution >= 0.6 is 11.8 Å². The van der Waals surface area contributed by atoms with Crippen molar-refractivity contribution >= 4 is 23.4 Å². The minimum atomic E-state index is -0.578. The summed E-state index contributed by atoms with van der Waals surface area (Å²) in [5.74, 6) is -0.578. The summed E-state index contributed by atoms with van der Waals surface area (Å²) in [5, 5.41) is 11.7. The number of nitro groups is 1. The average Bonchev–Trinajstić information content (AvgIpc) is 2.47. The van der Waals surface area contributed by atoms with Crippen LogP contribution in [0.2, 0.25) is 0 Å². The number of hydrogen-bond acceptors (Lipinski definition) is 6. The molecule has 0 aromatic carbocycles. The van der Waals surface area contributed by atoms with Crippen molar-refractivity contribution in [2.45, 2.75) is 42.4 Å². The molecule has 2 rings (SSSR count). The van der Waals surface area contributed by atoms with Crippen LogP contribution in [-0.2, 0) is 4.74 Å². The van der Waals surface area contributed by atoms with Gasteiger partial charge in [0.05, 0.1) is 12.0 Å². The molecule has 0 N–H and O–H groups in total. The second-order valence-corrected chi connectivity index (χ2v) is 5.94. The summed E-state index contributed by atoms with van der Waals surface area (Å²) in [5.41, 5.74) is 0.0598. The number of esters is 1. The van der Waals surface area contributed by atoms with Gasteiger partial charge in [-0.1, -0.05) is 31.0 Å². The summed E-state index contributed by atoms with van der Waals surface area (Å²) in [6.45, 7) is 0. The second kappa shape index (κ2) is 6.69. The zero-order chi connectivity index (χ0) is 14.5. The number of carbonyl (C=O) groups excluding carboxylic acids is 1. The smallest absolute Gasteiger partial charge is 0.356 e. The Hall–Kier alpha value is -1.63. The van der Waals surface area contributed by atoms with Crippen molar-refractivity contribution in [3.05, 3.63) is 27.9 Å². The van der Waals surface area contributed by atoms with E-state index in [-0.39, 0.29) is 11.4 Å². The van der Waals surface area contributed by atoms with E-state index in [1.807, 2.05) is 0 Å². The van der Waals surface area contributed by atoms with E-state index in [0.29, 0.717) is 10.3 Å². The van der Waals surface area contributed by atoms with E-state index in [2.05, 4.69) is 9.72 Å². The lowest BCUT2D eigenvalue weighted by Crippen LogP contribution is -2.11. The van der Waals surface area contributed by atoms with Crippen LogP contribution < -0.4 is 0 Å². The first-order valence-corrected chi connectivity index (χ1v) is 7.40. The lowest BCUT2D eigenvalue weighted by atomic mass is 10.0. The first kappa shape index (κ1) is 14.8. The molecule has 20 heavy (non-hydrogen) atoms. The average molecular weight is 296 g/mol. The highest BCUT2D eigenvalue weighted by atomic mass is 32.2. The predicted octanol–water partition coefficient (Wildman–Crippen LogP) is 3.20. The zero-order valence-corrected chi connectivity index (χ0v) is 12.0. The van der Waals surface area contributed by atoms with E-state index < -0.39 is 10.9 Å². The maximum atomic E-state index is 11.5. The van der Waals surface area contributed by atoms with Crippen molar-refractivity contribution in [2.24, 2.45) is 0 Å². The number of thioether (sulfide) groups is 1. The highest BCUT2D eigenvalue weighted by Crippen LogP contribution is 2.36. The molecular weight excluding hydrogens is 280 g/mol. The van der Waals surface area contributed by atoms with E-state index in [4.69, 9.17) is 0 Å². The number of pyridine rings is 1. The molecule has 0 unspecified atom stereocenters. The summed E-state index contributed by atoms with van der Waals surface area (Å²) in [4.78, 5) is 26.2. The molecule has 1 aliphatic rings. The van der Waals surface area contributed by atoms with Gasteiger partial charge >= 0.3 is 11.7 Å². The van der Waals surface area contributed by atoms with Gasteiger partial charge in [-0.3, -0.25) is 10.1 Å². The van der Waals surface area contributed by atoms with E-state index in [0.717, 1.165) is 25.7 Å². The Kier molecular flexibility index (Phi) is 4.94. The number of rotatable bonds is 4. The third-order valence-corrected chi connectivity index (χ3v) is 4.59. The van der Waals surface area contributed by atoms with Crippen LogP contribution in [-0.4, -0.2) is 28.2 Å². The standard InChI is InChI=1S/C13H16N2O4S/c1-19-13(16)10-7-8-11(15(17)18)12(14-10)20-9-5-3-2-4-6-9/h7-9H,2-6H2,1H3. The summed E-state index contributed by atoms with van der Waals surface area (Å²) in [6, 6.07) is 2.65. The maximum Gasteiger partial charge on any atom is 0.356 e. The molecule has 0 aliphatic heterocycles. The normalized spacial score (nSPS) is 15.8. The number of nitrogens with zero attached hydrogens (tertiary/aromatic N) is 2. The number of carbonyl (C=O) groups is 1. The van der Waals surface area contributed by atoms with Gasteiger partial charge in [0, 0.05) is 11.3 Å². The Morgan fingerprint density at radius 2 is 2.10 bits per heavy atom. The van der Waals surface area contributed by atoms with Crippen molar-refractivity contribution in [3.8, 4) is 0 Å². The van der Waals surface area contributed by atoms with Crippen molar-refractivity contribution in [2.75, 3.05) is 7.11 Å². The predicted molar refractivity (Wildman–Crippen MR) is 75.0 cm³/mol. The van der Waals surface area contributed by atoms with Gasteiger partial charge in [0.1, 0.15) is 5.69 Å². The van der Waals surface area contributed by atoms with Gasteiger partial charge in [-0.15, -0.1) is 0 Å². The molecule has 108 valence electrons. The van der Waals surface area contributed by atoms with Gasteiger partial charge in [-0.05, 0) is 18.9 Å². The first-order valence-electron chi connectivity index (χ1n) is 6.52. The minimum absolute atomic E-state index is 0.0479. The zero-order valence-electron chi connectivity index (χ0n) is 11.2. The van der Waals surface area contributed by atoms with Crippen LogP contribution in [0.1, 0.15) is 42.6 Å². The van der Waals surface area contributed by atoms with Crippen molar-refractivity contribution < 1.29 is 14.5 Å². The Morgan fingerprint density at radius 3 is 2.70 bits per heavy atom. The molecule has 0 saturated heterocycles. The molecule has 1 fully saturated rings. The van der Waals surface area contributed by atoms with Crippen LogP contribution in [0.25, 0.3) is 0 Å². The lowest BCUT2D eigenvalue weighted by molar-refractivity contribution is -0.388. The van der Waals surface area contributed by atoms with Gasteiger partial charge in [0.15, 0.2) is 5.03 Å². The summed E-state index contributed by atoms with van der Waals surface area (Å²) in [7, 11) is 1.26. The van der Waals surface area contributed by atoms with Crippen LogP contribution in [0.4, 0.5) is 5.69 Å². The topological polar surface area (TPSA) is 82.3 Å². The molecule has 0 radical (unpaired) electrons. The molecule has 1 heterocycles. The van der Waals surface area contributed by atoms with Gasteiger partial charge in [-0.25, -0.2) is 9.78 Å². The summed E-state index contributed by atoms with van der Waals surface area (Å²) in [6.07, 6.45) is 5.57. The third-order valence-electron chi connectivity index (χ3n) is 3.26. The molecule has 0 spiro atoms. The van der Waals surface area contributed by atoms with Gasteiger partial charge in [0.25, 0.3) is 0 Å². The minimum Gasteiger partial charge on any atom is -0.464 e. The second-order valence-electron chi connectivity index (χ2n) is 4.65. The van der Waals surface area contributed by atoms with E-state index in [1.165, 1.54) is 37.4 Å². The molecule has 6 nitrogen and oxygen atoms in total. The van der Waals surface area contributed by atoms with Crippen LogP contribution in [0, 0.1) is 10.1 Å². The molecule has 1 saturated carbocycles. The summed E-state index contributed by atoms with van der Waals surface area (Å²) < 4.78 is 4.60. The Bertz CT molecular complexity index is 515. The monoisotopic (exact) mass is 296 g/mol. The molecule has 0 bridgehead atoms. The maximum absolute atomic E-state index is 11.5. The van der Waals surface area contributed by atoms with Crippen molar-refractivity contribution in [1.82, 2.24) is 4.98 Å².